The lowest BCUT2D eigenvalue weighted by molar-refractivity contribution is 0.0979. The first-order valence-electron chi connectivity index (χ1n) is 4.71. The third-order valence-electron chi connectivity index (χ3n) is 2.31. The minimum Gasteiger partial charge on any atom is -0.391 e. The molecular weight excluding hydrogens is 289 g/mol. The number of benzene rings is 1. The Hall–Kier alpha value is -0.130. The van der Waals surface area contributed by atoms with Crippen molar-refractivity contribution in [2.45, 2.75) is 26.0 Å². The smallest absolute Gasteiger partial charge is 0.0755 e. The second-order valence-electron chi connectivity index (χ2n) is 3.81. The van der Waals surface area contributed by atoms with Crippen molar-refractivity contribution in [3.05, 3.63) is 33.4 Å². The van der Waals surface area contributed by atoms with Gasteiger partial charge in [-0.25, -0.2) is 0 Å². The fourth-order valence-electron chi connectivity index (χ4n) is 1.30. The molecule has 0 aromatic heterocycles. The highest BCUT2D eigenvalue weighted by atomic mass is 127. The van der Waals surface area contributed by atoms with Crippen LogP contribution in [0.15, 0.2) is 24.3 Å². The average molecular weight is 305 g/mol. The highest BCUT2D eigenvalue weighted by molar-refractivity contribution is 14.1. The average Bonchev–Trinajstić information content (AvgIpc) is 2.16. The van der Waals surface area contributed by atoms with Crippen LogP contribution < -0.4 is 5.73 Å². The maximum atomic E-state index is 9.79. The van der Waals surface area contributed by atoms with Crippen LogP contribution in [0.4, 0.5) is 0 Å². The molecule has 3 N–H and O–H groups in total. The van der Waals surface area contributed by atoms with Gasteiger partial charge < -0.3 is 10.8 Å². The van der Waals surface area contributed by atoms with Gasteiger partial charge in [0.05, 0.1) is 12.1 Å². The molecule has 0 aliphatic heterocycles. The largest absolute Gasteiger partial charge is 0.391 e. The second kappa shape index (κ2) is 5.09. The van der Waals surface area contributed by atoms with Gasteiger partial charge in [0.25, 0.3) is 0 Å². The van der Waals surface area contributed by atoms with Crippen molar-refractivity contribution >= 4 is 22.6 Å². The van der Waals surface area contributed by atoms with E-state index in [1.54, 1.807) is 0 Å². The number of rotatable bonds is 3. The lowest BCUT2D eigenvalue weighted by atomic mass is 9.95. The summed E-state index contributed by atoms with van der Waals surface area (Å²) in [7, 11) is 0. The van der Waals surface area contributed by atoms with Gasteiger partial charge in [0.15, 0.2) is 0 Å². The van der Waals surface area contributed by atoms with Crippen LogP contribution in [0.3, 0.4) is 0 Å². The molecule has 0 radical (unpaired) electrons. The summed E-state index contributed by atoms with van der Waals surface area (Å²) in [5, 5.41) is 9.79. The van der Waals surface area contributed by atoms with Crippen LogP contribution >= 0.6 is 22.6 Å². The van der Waals surface area contributed by atoms with Gasteiger partial charge in [-0.05, 0) is 46.2 Å². The molecule has 0 bridgehead atoms. The Labute approximate surface area is 98.7 Å². The first-order valence-corrected chi connectivity index (χ1v) is 5.79. The van der Waals surface area contributed by atoms with Gasteiger partial charge in [-0.15, -0.1) is 0 Å². The maximum Gasteiger partial charge on any atom is 0.0755 e. The van der Waals surface area contributed by atoms with E-state index in [-0.39, 0.29) is 12.0 Å². The van der Waals surface area contributed by atoms with Gasteiger partial charge in [0.2, 0.25) is 0 Å². The number of aliphatic hydroxyl groups excluding tert-OH is 1. The quantitative estimate of drug-likeness (QED) is 0.842. The van der Waals surface area contributed by atoms with E-state index < -0.39 is 6.10 Å². The molecule has 0 heterocycles. The Bertz CT molecular complexity index is 284. The van der Waals surface area contributed by atoms with Crippen molar-refractivity contribution in [1.82, 2.24) is 0 Å². The van der Waals surface area contributed by atoms with Crippen LogP contribution in [0.5, 0.6) is 0 Å². The summed E-state index contributed by atoms with van der Waals surface area (Å²) in [4.78, 5) is 0. The van der Waals surface area contributed by atoms with E-state index in [2.05, 4.69) is 22.6 Å². The monoisotopic (exact) mass is 305 g/mol. The molecule has 2 nitrogen and oxygen atoms in total. The molecule has 2 atom stereocenters. The molecule has 1 aromatic carbocycles. The highest BCUT2D eigenvalue weighted by Gasteiger charge is 2.19. The summed E-state index contributed by atoms with van der Waals surface area (Å²) in [6.07, 6.45) is -0.477. The molecule has 3 heteroatoms. The Kier molecular flexibility index (Phi) is 4.34. The molecule has 0 spiro atoms. The molecule has 0 aliphatic rings. The number of nitrogens with two attached hydrogens (primary N) is 1. The molecule has 0 amide bonds. The second-order valence-corrected chi connectivity index (χ2v) is 5.06. The standard InChI is InChI=1S/C11H16INO/c1-7(2)11(14)10(13)8-3-5-9(12)6-4-8/h3-7,10-11,14H,13H2,1-2H3. The van der Waals surface area contributed by atoms with Crippen LogP contribution in [-0.4, -0.2) is 11.2 Å². The molecule has 78 valence electrons. The maximum absolute atomic E-state index is 9.79. The highest BCUT2D eigenvalue weighted by Crippen LogP contribution is 2.20. The zero-order chi connectivity index (χ0) is 10.7. The van der Waals surface area contributed by atoms with Crippen molar-refractivity contribution in [2.24, 2.45) is 11.7 Å². The van der Waals surface area contributed by atoms with Gasteiger partial charge >= 0.3 is 0 Å². The molecule has 2 unspecified atom stereocenters. The number of hydrogen-bond acceptors (Lipinski definition) is 2. The SMILES string of the molecule is CC(C)C(O)C(N)c1ccc(I)cc1. The van der Waals surface area contributed by atoms with Gasteiger partial charge in [0, 0.05) is 3.57 Å². The van der Waals surface area contributed by atoms with Crippen molar-refractivity contribution in [3.63, 3.8) is 0 Å². The van der Waals surface area contributed by atoms with Gasteiger partial charge in [-0.1, -0.05) is 26.0 Å². The van der Waals surface area contributed by atoms with E-state index in [9.17, 15) is 5.11 Å². The molecular formula is C11H16INO. The lowest BCUT2D eigenvalue weighted by Crippen LogP contribution is -2.30. The van der Waals surface area contributed by atoms with E-state index in [4.69, 9.17) is 5.73 Å². The van der Waals surface area contributed by atoms with Crippen molar-refractivity contribution in [1.29, 1.82) is 0 Å². The number of hydrogen-bond donors (Lipinski definition) is 2. The van der Waals surface area contributed by atoms with Gasteiger partial charge in [0.1, 0.15) is 0 Å². The van der Waals surface area contributed by atoms with Crippen LogP contribution in [0.2, 0.25) is 0 Å². The lowest BCUT2D eigenvalue weighted by Gasteiger charge is -2.22. The summed E-state index contributed by atoms with van der Waals surface area (Å²) in [6.45, 7) is 3.94. The topological polar surface area (TPSA) is 46.2 Å². The summed E-state index contributed by atoms with van der Waals surface area (Å²) >= 11 is 2.25. The van der Waals surface area contributed by atoms with Crippen LogP contribution in [0, 0.1) is 9.49 Å². The fourth-order valence-corrected chi connectivity index (χ4v) is 1.66. The van der Waals surface area contributed by atoms with Crippen LogP contribution in [0.25, 0.3) is 0 Å². The van der Waals surface area contributed by atoms with Gasteiger partial charge in [-0.2, -0.15) is 0 Å². The zero-order valence-electron chi connectivity index (χ0n) is 8.44. The Morgan fingerprint density at radius 3 is 2.14 bits per heavy atom. The summed E-state index contributed by atoms with van der Waals surface area (Å²) in [5.74, 6) is 0.185. The molecule has 0 saturated carbocycles. The van der Waals surface area contributed by atoms with Crippen molar-refractivity contribution in [2.75, 3.05) is 0 Å². The third kappa shape index (κ3) is 2.93. The molecule has 0 fully saturated rings. The van der Waals surface area contributed by atoms with Crippen molar-refractivity contribution in [3.8, 4) is 0 Å². The summed E-state index contributed by atoms with van der Waals surface area (Å²) in [6, 6.07) is 7.66. The number of aliphatic hydroxyl groups is 1. The molecule has 1 rings (SSSR count). The molecule has 0 aliphatic carbocycles. The van der Waals surface area contributed by atoms with Gasteiger partial charge in [-0.3, -0.25) is 0 Å². The van der Waals surface area contributed by atoms with E-state index >= 15 is 0 Å². The van der Waals surface area contributed by atoms with Crippen LogP contribution in [0.1, 0.15) is 25.5 Å². The van der Waals surface area contributed by atoms with E-state index in [0.717, 1.165) is 5.56 Å². The predicted molar refractivity (Wildman–Crippen MR) is 66.9 cm³/mol. The summed E-state index contributed by atoms with van der Waals surface area (Å²) < 4.78 is 1.18. The molecule has 1 aromatic rings. The predicted octanol–water partition coefficient (Wildman–Crippen LogP) is 2.31. The Morgan fingerprint density at radius 1 is 1.21 bits per heavy atom. The van der Waals surface area contributed by atoms with Crippen LogP contribution in [-0.2, 0) is 0 Å². The summed E-state index contributed by atoms with van der Waals surface area (Å²) in [5.41, 5.74) is 6.93. The zero-order valence-corrected chi connectivity index (χ0v) is 10.6. The normalized spacial score (nSPS) is 15.6. The number of halogens is 1. The van der Waals surface area contributed by atoms with E-state index in [1.165, 1.54) is 3.57 Å². The molecule has 0 saturated heterocycles. The minimum atomic E-state index is -0.477. The Morgan fingerprint density at radius 2 is 1.71 bits per heavy atom. The molecule has 14 heavy (non-hydrogen) atoms. The van der Waals surface area contributed by atoms with Crippen molar-refractivity contribution < 1.29 is 5.11 Å². The van der Waals surface area contributed by atoms with E-state index in [1.807, 2.05) is 38.1 Å². The first-order chi connectivity index (χ1) is 6.52. The fraction of sp³-hybridized carbons (Fsp3) is 0.455. The third-order valence-corrected chi connectivity index (χ3v) is 3.03. The first kappa shape index (κ1) is 11.9. The van der Waals surface area contributed by atoms with E-state index in [0.29, 0.717) is 0 Å². The minimum absolute atomic E-state index is 0.185. The Balaban J connectivity index is 2.78.